The maximum atomic E-state index is 13.2. The highest BCUT2D eigenvalue weighted by Gasteiger charge is 2.52. The molecule has 4 fully saturated rings. The molecule has 33 heavy (non-hydrogen) atoms. The first-order valence-corrected chi connectivity index (χ1v) is 12.7. The Kier molecular flexibility index (Phi) is 4.23. The Hall–Kier alpha value is -2.98. The van der Waals surface area contributed by atoms with Gasteiger partial charge in [-0.3, -0.25) is 24.3 Å². The van der Waals surface area contributed by atoms with Gasteiger partial charge in [0, 0.05) is 11.6 Å². The Morgan fingerprint density at radius 2 is 1.52 bits per heavy atom. The van der Waals surface area contributed by atoms with E-state index < -0.39 is 27.4 Å². The van der Waals surface area contributed by atoms with Gasteiger partial charge in [-0.05, 0) is 80.5 Å². The standard InChI is InChI=1S/C23H24N4O5S/c24-20-19-17(21(29)25-22(19)30)8-18(28)27(20)15-1-3-16(4-2-15)33(31,32)26-23-9-12-5-13(10-23)7-14(6-12)11-23/h1-4,8,12-14,26H,5-7,9-11,24H2,(H,25,29,30). The summed E-state index contributed by atoms with van der Waals surface area (Å²) < 4.78 is 30.6. The molecular weight excluding hydrogens is 444 g/mol. The first-order chi connectivity index (χ1) is 15.6. The molecule has 1 aromatic carbocycles. The molecule has 4 N–H and O–H groups in total. The first kappa shape index (κ1) is 20.6. The van der Waals surface area contributed by atoms with Gasteiger partial charge in [0.2, 0.25) is 10.0 Å². The summed E-state index contributed by atoms with van der Waals surface area (Å²) in [6.07, 6.45) is 6.36. The predicted molar refractivity (Wildman–Crippen MR) is 119 cm³/mol. The second-order valence-corrected chi connectivity index (χ2v) is 11.8. The van der Waals surface area contributed by atoms with Gasteiger partial charge in [0.25, 0.3) is 17.4 Å². The van der Waals surface area contributed by atoms with Gasteiger partial charge in [-0.1, -0.05) is 0 Å². The SMILES string of the molecule is Nc1c2c(cc(=O)n1-c1ccc(S(=O)(=O)NC34CC5CC(CC(C5)C3)C4)cc1)C(=O)NC2=O. The maximum absolute atomic E-state index is 13.2. The number of imide groups is 1. The van der Waals surface area contributed by atoms with Crippen molar-refractivity contribution in [2.45, 2.75) is 49.0 Å². The highest BCUT2D eigenvalue weighted by atomic mass is 32.2. The second-order valence-electron chi connectivity index (χ2n) is 10.1. The molecule has 0 unspecified atom stereocenters. The fourth-order valence-corrected chi connectivity index (χ4v) is 8.33. The summed E-state index contributed by atoms with van der Waals surface area (Å²) in [7, 11) is -3.75. The number of nitrogens with one attached hydrogen (secondary N) is 2. The molecule has 9 nitrogen and oxygen atoms in total. The van der Waals surface area contributed by atoms with Crippen LogP contribution in [-0.4, -0.2) is 30.3 Å². The lowest BCUT2D eigenvalue weighted by molar-refractivity contribution is -0.00810. The Labute approximate surface area is 190 Å². The van der Waals surface area contributed by atoms with E-state index in [1.165, 1.54) is 43.5 Å². The molecule has 5 aliphatic rings. The van der Waals surface area contributed by atoms with Crippen LogP contribution in [0.2, 0.25) is 0 Å². The molecule has 4 bridgehead atoms. The van der Waals surface area contributed by atoms with Crippen LogP contribution in [0.1, 0.15) is 59.2 Å². The molecule has 0 saturated heterocycles. The van der Waals surface area contributed by atoms with E-state index in [-0.39, 0.29) is 27.4 Å². The van der Waals surface area contributed by atoms with Crippen LogP contribution in [0.5, 0.6) is 0 Å². The molecule has 2 heterocycles. The average molecular weight is 469 g/mol. The molecule has 4 saturated carbocycles. The van der Waals surface area contributed by atoms with Crippen molar-refractivity contribution in [1.29, 1.82) is 0 Å². The van der Waals surface area contributed by atoms with E-state index in [0.29, 0.717) is 23.4 Å². The summed E-state index contributed by atoms with van der Waals surface area (Å²) in [6, 6.07) is 6.89. The van der Waals surface area contributed by atoms with Crippen LogP contribution < -0.4 is 21.3 Å². The number of nitrogens with zero attached hydrogens (tertiary/aromatic N) is 1. The first-order valence-electron chi connectivity index (χ1n) is 11.2. The lowest BCUT2D eigenvalue weighted by atomic mass is 9.53. The number of aromatic nitrogens is 1. The number of hydrogen-bond acceptors (Lipinski definition) is 6. The Morgan fingerprint density at radius 3 is 2.09 bits per heavy atom. The Balaban J connectivity index is 1.31. The zero-order valence-corrected chi connectivity index (χ0v) is 18.7. The molecule has 1 aromatic heterocycles. The molecule has 2 aromatic rings. The lowest BCUT2D eigenvalue weighted by Gasteiger charge is -2.56. The third-order valence-electron chi connectivity index (χ3n) is 7.75. The molecular formula is C23H24N4O5S. The quantitative estimate of drug-likeness (QED) is 0.582. The van der Waals surface area contributed by atoms with Gasteiger partial charge in [0.05, 0.1) is 21.7 Å². The number of pyridine rings is 1. The summed E-state index contributed by atoms with van der Waals surface area (Å²) in [6.45, 7) is 0. The van der Waals surface area contributed by atoms with Gasteiger partial charge >= 0.3 is 0 Å². The smallest absolute Gasteiger partial charge is 0.262 e. The topological polar surface area (TPSA) is 140 Å². The van der Waals surface area contributed by atoms with E-state index in [1.54, 1.807) is 0 Å². The number of carbonyl (C=O) groups excluding carboxylic acids is 2. The molecule has 1 aliphatic heterocycles. The van der Waals surface area contributed by atoms with Crippen molar-refractivity contribution in [2.75, 3.05) is 5.73 Å². The molecule has 4 aliphatic carbocycles. The number of nitrogen functional groups attached to an aromatic ring is 1. The van der Waals surface area contributed by atoms with Gasteiger partial charge in [-0.25, -0.2) is 13.1 Å². The minimum atomic E-state index is -3.75. The van der Waals surface area contributed by atoms with Crippen molar-refractivity contribution in [3.8, 4) is 5.69 Å². The Morgan fingerprint density at radius 1 is 0.939 bits per heavy atom. The van der Waals surface area contributed by atoms with Gasteiger partial charge in [-0.2, -0.15) is 0 Å². The van der Waals surface area contributed by atoms with Crippen LogP contribution in [0.3, 0.4) is 0 Å². The van der Waals surface area contributed by atoms with Crippen LogP contribution in [0.25, 0.3) is 5.69 Å². The highest BCUT2D eigenvalue weighted by molar-refractivity contribution is 7.89. The number of rotatable bonds is 4. The van der Waals surface area contributed by atoms with E-state index in [1.807, 2.05) is 0 Å². The fraction of sp³-hybridized carbons (Fsp3) is 0.435. The summed E-state index contributed by atoms with van der Waals surface area (Å²) >= 11 is 0. The molecule has 2 amide bonds. The molecule has 10 heteroatoms. The van der Waals surface area contributed by atoms with Crippen molar-refractivity contribution < 1.29 is 18.0 Å². The van der Waals surface area contributed by atoms with Crippen LogP contribution in [0, 0.1) is 17.8 Å². The minimum Gasteiger partial charge on any atom is -0.384 e. The number of nitrogens with two attached hydrogens (primary N) is 1. The third-order valence-corrected chi connectivity index (χ3v) is 9.34. The third kappa shape index (κ3) is 3.15. The largest absolute Gasteiger partial charge is 0.384 e. The molecule has 172 valence electrons. The van der Waals surface area contributed by atoms with Crippen molar-refractivity contribution in [3.63, 3.8) is 0 Å². The molecule has 0 radical (unpaired) electrons. The van der Waals surface area contributed by atoms with Gasteiger partial charge in [0.15, 0.2) is 0 Å². The van der Waals surface area contributed by atoms with Gasteiger partial charge in [0.1, 0.15) is 5.82 Å². The van der Waals surface area contributed by atoms with E-state index in [9.17, 15) is 22.8 Å². The average Bonchev–Trinajstić information content (AvgIpc) is 3.00. The maximum Gasteiger partial charge on any atom is 0.262 e. The number of anilines is 1. The summed E-state index contributed by atoms with van der Waals surface area (Å²) in [5, 5.41) is 2.12. The van der Waals surface area contributed by atoms with Gasteiger partial charge in [-0.15, -0.1) is 0 Å². The number of sulfonamides is 1. The van der Waals surface area contributed by atoms with E-state index >= 15 is 0 Å². The minimum absolute atomic E-state index is 0.0558. The number of fused-ring (bicyclic) bond motifs is 1. The van der Waals surface area contributed by atoms with Crippen molar-refractivity contribution >= 4 is 27.7 Å². The highest BCUT2D eigenvalue weighted by Crippen LogP contribution is 2.56. The summed E-state index contributed by atoms with van der Waals surface area (Å²) in [5.74, 6) is 0.340. The second kappa shape index (κ2) is 6.77. The Bertz CT molecular complexity index is 1340. The summed E-state index contributed by atoms with van der Waals surface area (Å²) in [5.41, 5.74) is 5.31. The van der Waals surface area contributed by atoms with Crippen LogP contribution in [-0.2, 0) is 10.0 Å². The van der Waals surface area contributed by atoms with Crippen LogP contribution in [0.4, 0.5) is 5.82 Å². The van der Waals surface area contributed by atoms with Crippen molar-refractivity contribution in [2.24, 2.45) is 17.8 Å². The van der Waals surface area contributed by atoms with E-state index in [2.05, 4.69) is 10.0 Å². The number of benzene rings is 1. The zero-order chi connectivity index (χ0) is 23.1. The number of carbonyl (C=O) groups is 2. The zero-order valence-electron chi connectivity index (χ0n) is 17.8. The monoisotopic (exact) mass is 468 g/mol. The lowest BCUT2D eigenvalue weighted by Crippen LogP contribution is -2.59. The van der Waals surface area contributed by atoms with Crippen molar-refractivity contribution in [1.82, 2.24) is 14.6 Å². The molecule has 0 spiro atoms. The van der Waals surface area contributed by atoms with E-state index in [4.69, 9.17) is 5.73 Å². The molecule has 0 atom stereocenters. The number of hydrogen-bond donors (Lipinski definition) is 3. The van der Waals surface area contributed by atoms with Gasteiger partial charge < -0.3 is 5.73 Å². The van der Waals surface area contributed by atoms with Crippen LogP contribution >= 0.6 is 0 Å². The predicted octanol–water partition coefficient (Wildman–Crippen LogP) is 1.55. The fourth-order valence-electron chi connectivity index (χ4n) is 6.90. The summed E-state index contributed by atoms with van der Waals surface area (Å²) in [4.78, 5) is 36.6. The van der Waals surface area contributed by atoms with Crippen molar-refractivity contribution in [3.05, 3.63) is 51.8 Å². The number of amides is 2. The van der Waals surface area contributed by atoms with E-state index in [0.717, 1.165) is 29.9 Å². The van der Waals surface area contributed by atoms with Crippen LogP contribution in [0.15, 0.2) is 40.0 Å². The molecule has 7 rings (SSSR count). The normalized spacial score (nSPS) is 29.9.